The van der Waals surface area contributed by atoms with Gasteiger partial charge in [-0.3, -0.25) is 9.69 Å². The van der Waals surface area contributed by atoms with Crippen LogP contribution in [0, 0.1) is 5.82 Å². The second-order valence-corrected chi connectivity index (χ2v) is 11.6. The highest BCUT2D eigenvalue weighted by atomic mass is 32.2. The summed E-state index contributed by atoms with van der Waals surface area (Å²) in [5.74, 6) is 0.278. The van der Waals surface area contributed by atoms with Crippen LogP contribution in [-0.2, 0) is 11.4 Å². The summed E-state index contributed by atoms with van der Waals surface area (Å²) in [7, 11) is 0. The number of halogens is 1. The van der Waals surface area contributed by atoms with Gasteiger partial charge in [-0.05, 0) is 49.2 Å². The van der Waals surface area contributed by atoms with Gasteiger partial charge in [-0.15, -0.1) is 0 Å². The van der Waals surface area contributed by atoms with Gasteiger partial charge in [-0.2, -0.15) is 5.10 Å². The van der Waals surface area contributed by atoms with Gasteiger partial charge in [-0.25, -0.2) is 9.07 Å². The number of hydrogen-bond acceptors (Lipinski definition) is 5. The normalized spacial score (nSPS) is 17.1. The molecular weight excluding hydrogens is 542 g/mol. The molecular formula is C32H28FN3O2S2. The fourth-order valence-electron chi connectivity index (χ4n) is 5.22. The Morgan fingerprint density at radius 1 is 1.00 bits per heavy atom. The molecule has 6 rings (SSSR count). The highest BCUT2D eigenvalue weighted by Gasteiger charge is 2.37. The van der Waals surface area contributed by atoms with Crippen LogP contribution in [0.2, 0.25) is 0 Å². The van der Waals surface area contributed by atoms with Gasteiger partial charge in [0.2, 0.25) is 0 Å². The lowest BCUT2D eigenvalue weighted by molar-refractivity contribution is -0.124. The summed E-state index contributed by atoms with van der Waals surface area (Å²) < 4.78 is 22.5. The molecule has 0 unspecified atom stereocenters. The standard InChI is InChI=1S/C32H28FN3O2S2/c33-28-17-8-7-10-23(28)21-38-27-16-9-11-22(18-27)30-24(20-35(34-30)25-12-3-1-4-13-25)19-29-31(37)36(32(39)40-29)26-14-5-2-6-15-26/h1,3-4,7-13,16-20,26H,2,5-6,14-15,21H2. The molecule has 1 amide bonds. The number of thiocarbonyl (C=S) groups is 1. The second kappa shape index (κ2) is 11.8. The van der Waals surface area contributed by atoms with Crippen molar-refractivity contribution in [3.05, 3.63) is 107 Å². The van der Waals surface area contributed by atoms with Gasteiger partial charge in [0, 0.05) is 28.9 Å². The molecule has 40 heavy (non-hydrogen) atoms. The van der Waals surface area contributed by atoms with Crippen LogP contribution in [0.25, 0.3) is 23.0 Å². The molecule has 202 valence electrons. The molecule has 0 spiro atoms. The van der Waals surface area contributed by atoms with E-state index in [1.54, 1.807) is 18.2 Å². The molecule has 4 aromatic rings. The summed E-state index contributed by atoms with van der Waals surface area (Å²) in [5.41, 5.74) is 3.74. The Hall–Kier alpha value is -3.75. The molecule has 1 saturated carbocycles. The summed E-state index contributed by atoms with van der Waals surface area (Å²) in [5, 5.41) is 4.91. The average molecular weight is 570 g/mol. The van der Waals surface area contributed by atoms with E-state index in [-0.39, 0.29) is 24.4 Å². The minimum Gasteiger partial charge on any atom is -0.489 e. The number of carbonyl (C=O) groups is 1. The first-order chi connectivity index (χ1) is 19.6. The molecule has 0 radical (unpaired) electrons. The van der Waals surface area contributed by atoms with E-state index in [0.717, 1.165) is 42.5 Å². The maximum Gasteiger partial charge on any atom is 0.266 e. The third kappa shape index (κ3) is 5.60. The number of ether oxygens (including phenoxy) is 1. The lowest BCUT2D eigenvalue weighted by Gasteiger charge is -2.29. The van der Waals surface area contributed by atoms with E-state index in [0.29, 0.717) is 26.2 Å². The average Bonchev–Trinajstić information content (AvgIpc) is 3.53. The molecule has 1 aliphatic heterocycles. The molecule has 1 aliphatic carbocycles. The summed E-state index contributed by atoms with van der Waals surface area (Å²) in [6.45, 7) is 0.116. The van der Waals surface area contributed by atoms with Crippen LogP contribution in [0.1, 0.15) is 43.2 Å². The minimum absolute atomic E-state index is 0.0257. The molecule has 1 aromatic heterocycles. The second-order valence-electron chi connectivity index (χ2n) is 9.96. The van der Waals surface area contributed by atoms with Crippen LogP contribution in [0.3, 0.4) is 0 Å². The Balaban J connectivity index is 1.34. The van der Waals surface area contributed by atoms with E-state index in [2.05, 4.69) is 0 Å². The Labute approximate surface area is 242 Å². The lowest BCUT2D eigenvalue weighted by Crippen LogP contribution is -2.39. The Bertz CT molecular complexity index is 1580. The number of rotatable bonds is 7. The third-order valence-electron chi connectivity index (χ3n) is 7.27. The van der Waals surface area contributed by atoms with E-state index in [1.165, 1.54) is 24.2 Å². The van der Waals surface area contributed by atoms with Gasteiger partial charge in [0.15, 0.2) is 0 Å². The van der Waals surface area contributed by atoms with Crippen LogP contribution in [0.15, 0.2) is 90.0 Å². The number of hydrogen-bond donors (Lipinski definition) is 0. The molecule has 1 saturated heterocycles. The van der Waals surface area contributed by atoms with Crippen LogP contribution in [-0.4, -0.2) is 30.9 Å². The zero-order valence-corrected chi connectivity index (χ0v) is 23.5. The van der Waals surface area contributed by atoms with Gasteiger partial charge >= 0.3 is 0 Å². The number of nitrogens with zero attached hydrogens (tertiary/aromatic N) is 3. The van der Waals surface area contributed by atoms with Gasteiger partial charge in [0.25, 0.3) is 5.91 Å². The molecule has 2 fully saturated rings. The van der Waals surface area contributed by atoms with Gasteiger partial charge in [0.1, 0.15) is 28.2 Å². The minimum atomic E-state index is -0.298. The quantitative estimate of drug-likeness (QED) is 0.168. The maximum absolute atomic E-state index is 14.1. The first-order valence-electron chi connectivity index (χ1n) is 13.5. The first kappa shape index (κ1) is 26.5. The number of carbonyl (C=O) groups excluding carboxylic acids is 1. The van der Waals surface area contributed by atoms with Crippen molar-refractivity contribution in [2.45, 2.75) is 44.8 Å². The highest BCUT2D eigenvalue weighted by Crippen LogP contribution is 2.38. The molecule has 2 aliphatic rings. The van der Waals surface area contributed by atoms with Gasteiger partial charge in [0.05, 0.1) is 10.6 Å². The number of benzene rings is 3. The smallest absolute Gasteiger partial charge is 0.266 e. The monoisotopic (exact) mass is 569 g/mol. The van der Waals surface area contributed by atoms with Crippen molar-refractivity contribution in [2.24, 2.45) is 0 Å². The lowest BCUT2D eigenvalue weighted by atomic mass is 9.94. The first-order valence-corrected chi connectivity index (χ1v) is 14.7. The van der Waals surface area contributed by atoms with Gasteiger partial charge < -0.3 is 4.74 Å². The Kier molecular flexibility index (Phi) is 7.80. The Morgan fingerprint density at radius 3 is 2.58 bits per heavy atom. The fourth-order valence-corrected chi connectivity index (χ4v) is 6.61. The molecule has 0 N–H and O–H groups in total. The van der Waals surface area contributed by atoms with E-state index >= 15 is 0 Å². The van der Waals surface area contributed by atoms with Crippen LogP contribution in [0.4, 0.5) is 4.39 Å². The topological polar surface area (TPSA) is 47.4 Å². The predicted molar refractivity (Wildman–Crippen MR) is 162 cm³/mol. The molecule has 0 atom stereocenters. The molecule has 0 bridgehead atoms. The van der Waals surface area contributed by atoms with Gasteiger partial charge in [-0.1, -0.05) is 91.8 Å². The van der Waals surface area contributed by atoms with E-state index in [4.69, 9.17) is 22.1 Å². The molecule has 3 aromatic carbocycles. The van der Waals surface area contributed by atoms with Crippen LogP contribution < -0.4 is 4.74 Å². The van der Waals surface area contributed by atoms with Crippen LogP contribution in [0.5, 0.6) is 5.75 Å². The van der Waals surface area contributed by atoms with Crippen molar-refractivity contribution in [3.63, 3.8) is 0 Å². The highest BCUT2D eigenvalue weighted by molar-refractivity contribution is 8.26. The zero-order chi connectivity index (χ0) is 27.5. The number of para-hydroxylation sites is 1. The maximum atomic E-state index is 14.1. The van der Waals surface area contributed by atoms with Crippen molar-refractivity contribution in [2.75, 3.05) is 0 Å². The molecule has 8 heteroatoms. The number of aromatic nitrogens is 2. The fraction of sp³-hybridized carbons (Fsp3) is 0.219. The third-order valence-corrected chi connectivity index (χ3v) is 8.60. The summed E-state index contributed by atoms with van der Waals surface area (Å²) in [6, 6.07) is 24.2. The predicted octanol–water partition coefficient (Wildman–Crippen LogP) is 7.79. The SMILES string of the molecule is O=C1C(=Cc2cn(-c3ccccc3)nc2-c2cccc(OCc3ccccc3F)c2)SC(=S)N1C1CCCCC1. The molecule has 5 nitrogen and oxygen atoms in total. The summed E-state index contributed by atoms with van der Waals surface area (Å²) >= 11 is 7.02. The zero-order valence-electron chi connectivity index (χ0n) is 21.8. The summed E-state index contributed by atoms with van der Waals surface area (Å²) in [4.78, 5) is 15.9. The summed E-state index contributed by atoms with van der Waals surface area (Å²) in [6.07, 6.45) is 9.30. The van der Waals surface area contributed by atoms with Crippen molar-refractivity contribution in [1.29, 1.82) is 0 Å². The van der Waals surface area contributed by atoms with E-state index < -0.39 is 0 Å². The van der Waals surface area contributed by atoms with Crippen LogP contribution >= 0.6 is 24.0 Å². The van der Waals surface area contributed by atoms with E-state index in [1.807, 2.05) is 76.5 Å². The van der Waals surface area contributed by atoms with E-state index in [9.17, 15) is 9.18 Å². The largest absolute Gasteiger partial charge is 0.489 e. The Morgan fingerprint density at radius 2 is 1.77 bits per heavy atom. The van der Waals surface area contributed by atoms with Crippen molar-refractivity contribution in [1.82, 2.24) is 14.7 Å². The van der Waals surface area contributed by atoms with Crippen molar-refractivity contribution in [3.8, 4) is 22.7 Å². The van der Waals surface area contributed by atoms with Crippen molar-refractivity contribution < 1.29 is 13.9 Å². The number of amides is 1. The number of thioether (sulfide) groups is 1. The molecule has 2 heterocycles. The van der Waals surface area contributed by atoms with Crippen molar-refractivity contribution >= 4 is 40.3 Å².